The van der Waals surface area contributed by atoms with E-state index in [9.17, 15) is 40.0 Å². The molecule has 15 heteroatoms. The van der Waals surface area contributed by atoms with Gasteiger partial charge in [-0.15, -0.1) is 0 Å². The highest BCUT2D eigenvalue weighted by Gasteiger charge is 2.49. The first kappa shape index (κ1) is 39.0. The standard InChI is InChI=1S/C19H19FO3.C16H12F4O6S/c1-12(2)9-14-10-13(19(21)23-4)5-7-16(14)17-11-15(22-3)6-8-18(17)20;1-24-10-4-6-13(17)12(8-10)11-5-3-9(15(21)25-2)7-14(11)26-27(22,23)16(18,19)20/h5-11H,1-4H3;3-8H,1-2H3. The van der Waals surface area contributed by atoms with Crippen LogP contribution in [0.5, 0.6) is 17.2 Å². The van der Waals surface area contributed by atoms with Gasteiger partial charge in [0.2, 0.25) is 0 Å². The molecule has 0 fully saturated rings. The maximum atomic E-state index is 14.3. The molecule has 0 bridgehead atoms. The third kappa shape index (κ3) is 9.37. The number of carbonyl (C=O) groups excluding carboxylic acids is 2. The minimum Gasteiger partial charge on any atom is -0.497 e. The molecule has 0 aromatic heterocycles. The van der Waals surface area contributed by atoms with E-state index in [1.54, 1.807) is 30.3 Å². The lowest BCUT2D eigenvalue weighted by molar-refractivity contribution is -0.0499. The predicted molar refractivity (Wildman–Crippen MR) is 174 cm³/mol. The highest BCUT2D eigenvalue weighted by atomic mass is 32.2. The molecule has 0 aliphatic heterocycles. The van der Waals surface area contributed by atoms with Crippen molar-refractivity contribution in [1.82, 2.24) is 0 Å². The summed E-state index contributed by atoms with van der Waals surface area (Å²) in [5.41, 5.74) is -3.33. The van der Waals surface area contributed by atoms with Gasteiger partial charge in [-0.2, -0.15) is 21.6 Å². The lowest BCUT2D eigenvalue weighted by Gasteiger charge is -2.15. The summed E-state index contributed by atoms with van der Waals surface area (Å²) in [6.07, 6.45) is 1.90. The quantitative estimate of drug-likeness (QED) is 0.0730. The third-order valence-electron chi connectivity index (χ3n) is 6.73. The van der Waals surface area contributed by atoms with Gasteiger partial charge in [-0.05, 0) is 91.7 Å². The smallest absolute Gasteiger partial charge is 0.497 e. The lowest BCUT2D eigenvalue weighted by atomic mass is 9.95. The van der Waals surface area contributed by atoms with Gasteiger partial charge in [0, 0.05) is 16.7 Å². The summed E-state index contributed by atoms with van der Waals surface area (Å²) in [6.45, 7) is 3.88. The molecule has 50 heavy (non-hydrogen) atoms. The second-order valence-electron chi connectivity index (χ2n) is 10.4. The van der Waals surface area contributed by atoms with Crippen molar-refractivity contribution in [2.75, 3.05) is 28.4 Å². The SMILES string of the molecule is COC(=O)c1ccc(-c2cc(OC)ccc2F)c(C=C(C)C)c1.COC(=O)c1ccc(-c2cc(OC)ccc2F)c(OS(=O)(=O)C(F)(F)F)c1. The Balaban J connectivity index is 0.000000274. The molecule has 4 aromatic carbocycles. The molecular formula is C35H31F5O9S. The molecule has 0 amide bonds. The topological polar surface area (TPSA) is 114 Å². The Morgan fingerprint density at radius 3 is 1.54 bits per heavy atom. The van der Waals surface area contributed by atoms with E-state index in [2.05, 4.69) is 8.92 Å². The van der Waals surface area contributed by atoms with Crippen LogP contribution in [-0.4, -0.2) is 54.3 Å². The molecule has 0 atom stereocenters. The minimum atomic E-state index is -6.06. The normalized spacial score (nSPS) is 11.0. The summed E-state index contributed by atoms with van der Waals surface area (Å²) in [6, 6.07) is 15.9. The fourth-order valence-electron chi connectivity index (χ4n) is 4.38. The molecule has 0 aliphatic rings. The molecule has 266 valence electrons. The van der Waals surface area contributed by atoms with Gasteiger partial charge >= 0.3 is 27.6 Å². The van der Waals surface area contributed by atoms with E-state index in [1.807, 2.05) is 19.9 Å². The van der Waals surface area contributed by atoms with Crippen LogP contribution in [-0.2, 0) is 19.6 Å². The first-order chi connectivity index (χ1) is 23.5. The number of carbonyl (C=O) groups is 2. The van der Waals surface area contributed by atoms with E-state index >= 15 is 0 Å². The van der Waals surface area contributed by atoms with Gasteiger partial charge < -0.3 is 23.1 Å². The van der Waals surface area contributed by atoms with Crippen molar-refractivity contribution in [1.29, 1.82) is 0 Å². The van der Waals surface area contributed by atoms with E-state index in [0.717, 1.165) is 42.5 Å². The van der Waals surface area contributed by atoms with Gasteiger partial charge in [0.05, 0.1) is 39.6 Å². The minimum absolute atomic E-state index is 0.160. The fraction of sp³-hybridized carbons (Fsp3) is 0.200. The highest BCUT2D eigenvalue weighted by molar-refractivity contribution is 7.88. The van der Waals surface area contributed by atoms with Crippen molar-refractivity contribution in [3.63, 3.8) is 0 Å². The second kappa shape index (κ2) is 16.3. The Kier molecular flexibility index (Phi) is 12.7. The van der Waals surface area contributed by atoms with Crippen molar-refractivity contribution in [3.05, 3.63) is 107 Å². The van der Waals surface area contributed by atoms with Gasteiger partial charge in [0.15, 0.2) is 5.75 Å². The third-order valence-corrected chi connectivity index (χ3v) is 7.70. The van der Waals surface area contributed by atoms with Crippen LogP contribution < -0.4 is 13.7 Å². The predicted octanol–water partition coefficient (Wildman–Crippen LogP) is 8.23. The van der Waals surface area contributed by atoms with Crippen molar-refractivity contribution in [2.45, 2.75) is 19.4 Å². The second-order valence-corrected chi connectivity index (χ2v) is 11.9. The average molecular weight is 723 g/mol. The Bertz CT molecular complexity index is 2020. The number of alkyl halides is 3. The zero-order valence-electron chi connectivity index (χ0n) is 27.5. The molecule has 0 spiro atoms. The zero-order chi connectivity index (χ0) is 37.4. The number of esters is 2. The molecule has 0 aliphatic carbocycles. The number of hydrogen-bond acceptors (Lipinski definition) is 9. The van der Waals surface area contributed by atoms with Crippen LogP contribution >= 0.6 is 0 Å². The summed E-state index contributed by atoms with van der Waals surface area (Å²) in [5, 5.41) is 0. The van der Waals surface area contributed by atoms with Crippen LogP contribution in [0.4, 0.5) is 22.0 Å². The number of halogens is 5. The first-order valence-electron chi connectivity index (χ1n) is 14.2. The van der Waals surface area contributed by atoms with Crippen LogP contribution in [0.15, 0.2) is 78.4 Å². The molecule has 4 aromatic rings. The van der Waals surface area contributed by atoms with Gasteiger partial charge in [-0.25, -0.2) is 18.4 Å². The number of rotatable bonds is 9. The molecule has 0 N–H and O–H groups in total. The van der Waals surface area contributed by atoms with Crippen molar-refractivity contribution < 1.29 is 63.1 Å². The van der Waals surface area contributed by atoms with E-state index in [-0.39, 0.29) is 28.3 Å². The Hall–Kier alpha value is -5.44. The van der Waals surface area contributed by atoms with Crippen LogP contribution in [0.1, 0.15) is 40.1 Å². The van der Waals surface area contributed by atoms with Gasteiger partial charge in [0.25, 0.3) is 0 Å². The summed E-state index contributed by atoms with van der Waals surface area (Å²) in [4.78, 5) is 23.3. The van der Waals surface area contributed by atoms with Crippen LogP contribution in [0.2, 0.25) is 0 Å². The van der Waals surface area contributed by atoms with Crippen molar-refractivity contribution >= 4 is 28.1 Å². The van der Waals surface area contributed by atoms with Crippen molar-refractivity contribution in [3.8, 4) is 39.5 Å². The molecule has 4 rings (SSSR count). The number of methoxy groups -OCH3 is 4. The molecule has 0 saturated carbocycles. The van der Waals surface area contributed by atoms with Crippen molar-refractivity contribution in [2.24, 2.45) is 0 Å². The van der Waals surface area contributed by atoms with Gasteiger partial charge in [-0.1, -0.05) is 17.7 Å². The van der Waals surface area contributed by atoms with E-state index in [4.69, 9.17) is 14.2 Å². The molecule has 0 radical (unpaired) electrons. The zero-order valence-corrected chi connectivity index (χ0v) is 28.3. The monoisotopic (exact) mass is 722 g/mol. The molecule has 9 nitrogen and oxygen atoms in total. The summed E-state index contributed by atoms with van der Waals surface area (Å²) < 4.78 is 113. The highest BCUT2D eigenvalue weighted by Crippen LogP contribution is 2.38. The number of benzene rings is 4. The number of hydrogen-bond donors (Lipinski definition) is 0. The van der Waals surface area contributed by atoms with Gasteiger partial charge in [-0.3, -0.25) is 0 Å². The number of allylic oxidation sites excluding steroid dienone is 1. The Morgan fingerprint density at radius 2 is 1.10 bits per heavy atom. The van der Waals surface area contributed by atoms with Gasteiger partial charge in [0.1, 0.15) is 23.1 Å². The largest absolute Gasteiger partial charge is 0.534 e. The molecule has 0 saturated heterocycles. The maximum Gasteiger partial charge on any atom is 0.534 e. The summed E-state index contributed by atoms with van der Waals surface area (Å²) in [5.74, 6) is -2.78. The van der Waals surface area contributed by atoms with E-state index in [0.29, 0.717) is 28.5 Å². The van der Waals surface area contributed by atoms with Crippen LogP contribution in [0.3, 0.4) is 0 Å². The summed E-state index contributed by atoms with van der Waals surface area (Å²) >= 11 is 0. The number of ether oxygens (including phenoxy) is 4. The van der Waals surface area contributed by atoms with Crippen LogP contribution in [0, 0.1) is 11.6 Å². The van der Waals surface area contributed by atoms with E-state index < -0.39 is 39.1 Å². The molecular weight excluding hydrogens is 691 g/mol. The Labute approximate surface area is 284 Å². The average Bonchev–Trinajstić information content (AvgIpc) is 3.07. The molecule has 0 unspecified atom stereocenters. The molecule has 0 heterocycles. The Morgan fingerprint density at radius 1 is 0.640 bits per heavy atom. The van der Waals surface area contributed by atoms with E-state index in [1.165, 1.54) is 33.5 Å². The van der Waals surface area contributed by atoms with Crippen LogP contribution in [0.25, 0.3) is 28.3 Å². The first-order valence-corrected chi connectivity index (χ1v) is 15.6. The summed E-state index contributed by atoms with van der Waals surface area (Å²) in [7, 11) is -0.897. The lowest BCUT2D eigenvalue weighted by Crippen LogP contribution is -2.28. The maximum absolute atomic E-state index is 14.3. The fourth-order valence-corrected chi connectivity index (χ4v) is 4.85.